The fraction of sp³-hybridized carbons (Fsp3) is 0. The van der Waals surface area contributed by atoms with Crippen molar-refractivity contribution in [3.63, 3.8) is 0 Å². The van der Waals surface area contributed by atoms with Crippen LogP contribution in [0.5, 0.6) is 0 Å². The first kappa shape index (κ1) is 15.8. The van der Waals surface area contributed by atoms with Gasteiger partial charge in [0, 0.05) is 21.5 Å². The zero-order valence-electron chi connectivity index (χ0n) is 15.9. The molecule has 138 valence electrons. The molecule has 0 saturated heterocycles. The van der Waals surface area contributed by atoms with E-state index in [-0.39, 0.29) is 10.9 Å². The number of rotatable bonds is 0. The molecule has 0 saturated carbocycles. The Hall–Kier alpha value is -4.04. The van der Waals surface area contributed by atoms with Gasteiger partial charge in [-0.1, -0.05) is 60.7 Å². The molecule has 0 bridgehead atoms. The Balaban J connectivity index is 1.70. The minimum atomic E-state index is 0.0733. The summed E-state index contributed by atoms with van der Waals surface area (Å²) in [6.07, 6.45) is 0. The first-order valence-corrected chi connectivity index (χ1v) is 10.0. The van der Waals surface area contributed by atoms with Crippen LogP contribution in [-0.2, 0) is 0 Å². The molecule has 7 rings (SSSR count). The molecule has 2 nitrogen and oxygen atoms in total. The van der Waals surface area contributed by atoms with Crippen molar-refractivity contribution in [2.45, 2.75) is 0 Å². The van der Waals surface area contributed by atoms with Crippen LogP contribution < -0.4 is 10.9 Å². The molecule has 0 amide bonds. The fourth-order valence-corrected chi connectivity index (χ4v) is 5.10. The van der Waals surface area contributed by atoms with Crippen molar-refractivity contribution < 1.29 is 0 Å². The molecular formula is C28H14O2. The first-order chi connectivity index (χ1) is 14.7. The Bertz CT molecular complexity index is 1790. The molecule has 7 aromatic carbocycles. The summed E-state index contributed by atoms with van der Waals surface area (Å²) in [5.74, 6) is 0. The summed E-state index contributed by atoms with van der Waals surface area (Å²) >= 11 is 0. The van der Waals surface area contributed by atoms with Gasteiger partial charge in [-0.05, 0) is 67.4 Å². The van der Waals surface area contributed by atoms with Gasteiger partial charge in [-0.2, -0.15) is 0 Å². The van der Waals surface area contributed by atoms with Gasteiger partial charge in [-0.25, -0.2) is 0 Å². The number of benzene rings is 5. The van der Waals surface area contributed by atoms with Crippen molar-refractivity contribution in [1.82, 2.24) is 0 Å². The second-order valence-corrected chi connectivity index (χ2v) is 8.05. The van der Waals surface area contributed by atoms with Crippen molar-refractivity contribution in [3.8, 4) is 0 Å². The fourth-order valence-electron chi connectivity index (χ4n) is 5.10. The highest BCUT2D eigenvalue weighted by Crippen LogP contribution is 2.35. The first-order valence-electron chi connectivity index (χ1n) is 10.0. The molecule has 0 unspecified atom stereocenters. The summed E-state index contributed by atoms with van der Waals surface area (Å²) in [7, 11) is 0. The van der Waals surface area contributed by atoms with Crippen molar-refractivity contribution in [2.75, 3.05) is 0 Å². The second kappa shape index (κ2) is 5.31. The Morgan fingerprint density at radius 1 is 0.333 bits per heavy atom. The lowest BCUT2D eigenvalue weighted by molar-refractivity contribution is 1.80. The molecule has 0 fully saturated rings. The third kappa shape index (κ3) is 1.84. The van der Waals surface area contributed by atoms with Gasteiger partial charge in [0.2, 0.25) is 0 Å². The smallest absolute Gasteiger partial charge is 0.194 e. The largest absolute Gasteiger partial charge is 0.289 e. The van der Waals surface area contributed by atoms with E-state index in [9.17, 15) is 9.59 Å². The van der Waals surface area contributed by atoms with E-state index in [1.807, 2.05) is 60.7 Å². The molecule has 0 aromatic heterocycles. The van der Waals surface area contributed by atoms with E-state index in [0.29, 0.717) is 0 Å². The highest BCUT2D eigenvalue weighted by molar-refractivity contribution is 6.23. The normalized spacial score (nSPS) is 12.3. The third-order valence-electron chi connectivity index (χ3n) is 6.52. The van der Waals surface area contributed by atoms with Crippen LogP contribution in [0.2, 0.25) is 0 Å². The zero-order valence-corrected chi connectivity index (χ0v) is 15.9. The quantitative estimate of drug-likeness (QED) is 0.293. The summed E-state index contributed by atoms with van der Waals surface area (Å²) in [6, 6.07) is 28.0. The number of fused-ring (bicyclic) bond motifs is 9. The lowest BCUT2D eigenvalue weighted by Crippen LogP contribution is -1.94. The van der Waals surface area contributed by atoms with E-state index in [0.717, 1.165) is 64.6 Å². The Labute approximate surface area is 170 Å². The van der Waals surface area contributed by atoms with Gasteiger partial charge >= 0.3 is 0 Å². The van der Waals surface area contributed by atoms with Crippen LogP contribution in [0, 0.1) is 0 Å². The Kier molecular flexibility index (Phi) is 2.80. The van der Waals surface area contributed by atoms with Crippen LogP contribution in [-0.4, -0.2) is 0 Å². The van der Waals surface area contributed by atoms with Crippen LogP contribution in [0.1, 0.15) is 0 Å². The van der Waals surface area contributed by atoms with Crippen molar-refractivity contribution in [1.29, 1.82) is 0 Å². The van der Waals surface area contributed by atoms with Gasteiger partial charge in [0.15, 0.2) is 10.9 Å². The third-order valence-corrected chi connectivity index (χ3v) is 6.52. The van der Waals surface area contributed by atoms with Crippen LogP contribution in [0.4, 0.5) is 0 Å². The lowest BCUT2D eigenvalue weighted by atomic mass is 9.97. The molecule has 0 radical (unpaired) electrons. The van der Waals surface area contributed by atoms with E-state index < -0.39 is 0 Å². The zero-order chi connectivity index (χ0) is 20.0. The van der Waals surface area contributed by atoms with E-state index >= 15 is 0 Å². The number of hydrogen-bond donors (Lipinski definition) is 0. The van der Waals surface area contributed by atoms with E-state index in [4.69, 9.17) is 0 Å². The summed E-state index contributed by atoms with van der Waals surface area (Å²) in [6.45, 7) is 0. The SMILES string of the molecule is O=c1c2ccccc2c2cc3ccc4cc5c(cc4c3cc12)c(=O)c1ccccc15. The summed E-state index contributed by atoms with van der Waals surface area (Å²) < 4.78 is 0. The second-order valence-electron chi connectivity index (χ2n) is 8.05. The van der Waals surface area contributed by atoms with E-state index in [1.165, 1.54) is 0 Å². The molecule has 7 aromatic rings. The van der Waals surface area contributed by atoms with Gasteiger partial charge in [0.05, 0.1) is 0 Å². The molecule has 30 heavy (non-hydrogen) atoms. The van der Waals surface area contributed by atoms with Crippen LogP contribution in [0.25, 0.3) is 64.6 Å². The maximum atomic E-state index is 13.0. The predicted octanol–water partition coefficient (Wildman–Crippen LogP) is 6.20. The maximum Gasteiger partial charge on any atom is 0.194 e. The van der Waals surface area contributed by atoms with Crippen LogP contribution in [0.3, 0.4) is 0 Å². The van der Waals surface area contributed by atoms with Crippen LogP contribution >= 0.6 is 0 Å². The van der Waals surface area contributed by atoms with Crippen molar-refractivity contribution in [2.24, 2.45) is 0 Å². The molecule has 0 atom stereocenters. The number of hydrogen-bond acceptors (Lipinski definition) is 2. The Morgan fingerprint density at radius 2 is 0.733 bits per heavy atom. The molecule has 0 N–H and O–H groups in total. The average molecular weight is 382 g/mol. The van der Waals surface area contributed by atoms with Crippen molar-refractivity contribution in [3.05, 3.63) is 105 Å². The van der Waals surface area contributed by atoms with E-state index in [1.54, 1.807) is 0 Å². The predicted molar refractivity (Wildman–Crippen MR) is 126 cm³/mol. The summed E-state index contributed by atoms with van der Waals surface area (Å²) in [5, 5.41) is 11.2. The molecule has 0 heterocycles. The van der Waals surface area contributed by atoms with Gasteiger partial charge in [-0.3, -0.25) is 9.59 Å². The van der Waals surface area contributed by atoms with Gasteiger partial charge < -0.3 is 0 Å². The minimum Gasteiger partial charge on any atom is -0.289 e. The molecule has 0 aliphatic carbocycles. The molecular weight excluding hydrogens is 368 g/mol. The standard InChI is InChI=1S/C28H14O2/c29-27-19-7-3-1-5-17(19)23-11-15-9-10-16-12-24-18-6-2-4-8-20(18)28(30)26(24)14-22(16)21(15)13-25(23)27/h1-14H. The molecule has 0 aliphatic heterocycles. The molecule has 0 spiro atoms. The highest BCUT2D eigenvalue weighted by atomic mass is 16.1. The van der Waals surface area contributed by atoms with Gasteiger partial charge in [0.1, 0.15) is 0 Å². The minimum absolute atomic E-state index is 0.0733. The van der Waals surface area contributed by atoms with Crippen LogP contribution in [0.15, 0.2) is 94.5 Å². The topological polar surface area (TPSA) is 34.1 Å². The van der Waals surface area contributed by atoms with Gasteiger partial charge in [-0.15, -0.1) is 0 Å². The van der Waals surface area contributed by atoms with E-state index in [2.05, 4.69) is 24.3 Å². The molecule has 0 aliphatic rings. The summed E-state index contributed by atoms with van der Waals surface area (Å²) in [4.78, 5) is 26.0. The Morgan fingerprint density at radius 3 is 1.17 bits per heavy atom. The van der Waals surface area contributed by atoms with Gasteiger partial charge in [0.25, 0.3) is 0 Å². The molecule has 2 heteroatoms. The maximum absolute atomic E-state index is 13.0. The monoisotopic (exact) mass is 382 g/mol. The summed E-state index contributed by atoms with van der Waals surface area (Å²) in [5.41, 5.74) is 0.147. The lowest BCUT2D eigenvalue weighted by Gasteiger charge is -2.06. The average Bonchev–Trinajstić information content (AvgIpc) is 3.23. The highest BCUT2D eigenvalue weighted by Gasteiger charge is 2.14. The van der Waals surface area contributed by atoms with Crippen molar-refractivity contribution >= 4 is 64.6 Å².